The molecular formula is C15H16N4O. The summed E-state index contributed by atoms with van der Waals surface area (Å²) in [7, 11) is 0. The van der Waals surface area contributed by atoms with Gasteiger partial charge in [0.2, 0.25) is 0 Å². The predicted octanol–water partition coefficient (Wildman–Crippen LogP) is 2.12. The zero-order valence-electron chi connectivity index (χ0n) is 11.3. The summed E-state index contributed by atoms with van der Waals surface area (Å²) in [4.78, 5) is 12.9. The number of hydrogen-bond acceptors (Lipinski definition) is 4. The summed E-state index contributed by atoms with van der Waals surface area (Å²) in [5.74, 6) is 0.876. The number of hydrogen-bond donors (Lipinski definition) is 1. The number of rotatable bonds is 4. The van der Waals surface area contributed by atoms with E-state index in [1.54, 1.807) is 18.6 Å². The summed E-state index contributed by atoms with van der Waals surface area (Å²) in [6.45, 7) is 2.90. The fraction of sp³-hybridized carbons (Fsp3) is 0.267. The molecule has 5 nitrogen and oxygen atoms in total. The van der Waals surface area contributed by atoms with Crippen molar-refractivity contribution in [2.24, 2.45) is 0 Å². The molecule has 1 unspecified atom stereocenters. The van der Waals surface area contributed by atoms with Gasteiger partial charge in [0.1, 0.15) is 5.82 Å². The van der Waals surface area contributed by atoms with E-state index >= 15 is 0 Å². The van der Waals surface area contributed by atoms with Gasteiger partial charge in [-0.05, 0) is 13.0 Å². The smallest absolute Gasteiger partial charge is 0.111 e. The fourth-order valence-electron chi connectivity index (χ4n) is 2.38. The number of aliphatic hydroxyl groups is 1. The highest BCUT2D eigenvalue weighted by molar-refractivity contribution is 5.77. The molecule has 0 spiro atoms. The van der Waals surface area contributed by atoms with Gasteiger partial charge in [-0.1, -0.05) is 12.1 Å². The van der Waals surface area contributed by atoms with Gasteiger partial charge in [-0.25, -0.2) is 4.98 Å². The Labute approximate surface area is 117 Å². The van der Waals surface area contributed by atoms with Crippen LogP contribution in [0.25, 0.3) is 11.0 Å². The zero-order valence-corrected chi connectivity index (χ0v) is 11.3. The topological polar surface area (TPSA) is 63.8 Å². The van der Waals surface area contributed by atoms with E-state index in [0.717, 1.165) is 29.0 Å². The molecule has 20 heavy (non-hydrogen) atoms. The molecule has 0 radical (unpaired) electrons. The first-order chi connectivity index (χ1) is 9.79. The van der Waals surface area contributed by atoms with Crippen LogP contribution < -0.4 is 0 Å². The van der Waals surface area contributed by atoms with Crippen LogP contribution in [0.4, 0.5) is 0 Å². The van der Waals surface area contributed by atoms with Crippen molar-refractivity contribution < 1.29 is 5.11 Å². The Bertz CT molecular complexity index is 717. The first kappa shape index (κ1) is 12.7. The third kappa shape index (κ3) is 2.28. The number of para-hydroxylation sites is 1. The molecular weight excluding hydrogens is 252 g/mol. The first-order valence-electron chi connectivity index (χ1n) is 6.67. The van der Waals surface area contributed by atoms with Crippen molar-refractivity contribution in [2.75, 3.05) is 0 Å². The standard InChI is InChI=1S/C15H16N4O/c1-2-19-9-8-17-14(19)10-13(20)11-4-3-5-12-15(11)18-7-6-16-12/h3-9,13,20H,2,10H2,1H3. The average Bonchev–Trinajstić information content (AvgIpc) is 2.93. The van der Waals surface area contributed by atoms with Gasteiger partial charge in [-0.2, -0.15) is 0 Å². The number of aliphatic hydroxyl groups excluding tert-OH is 1. The second-order valence-electron chi connectivity index (χ2n) is 4.62. The quantitative estimate of drug-likeness (QED) is 0.787. The Morgan fingerprint density at radius 2 is 2.00 bits per heavy atom. The molecule has 1 atom stereocenters. The lowest BCUT2D eigenvalue weighted by Gasteiger charge is -2.13. The monoisotopic (exact) mass is 268 g/mol. The SMILES string of the molecule is CCn1ccnc1CC(O)c1cccc2nccnc12. The Balaban J connectivity index is 1.95. The fourth-order valence-corrected chi connectivity index (χ4v) is 2.38. The molecule has 0 saturated heterocycles. The van der Waals surface area contributed by atoms with Crippen LogP contribution in [0.5, 0.6) is 0 Å². The van der Waals surface area contributed by atoms with Gasteiger partial charge < -0.3 is 9.67 Å². The second kappa shape index (κ2) is 5.38. The Hall–Kier alpha value is -2.27. The summed E-state index contributed by atoms with van der Waals surface area (Å²) in [6, 6.07) is 5.67. The summed E-state index contributed by atoms with van der Waals surface area (Å²) in [5.41, 5.74) is 2.33. The molecule has 1 aromatic carbocycles. The Morgan fingerprint density at radius 3 is 2.85 bits per heavy atom. The maximum atomic E-state index is 10.5. The van der Waals surface area contributed by atoms with Crippen LogP contribution in [0.2, 0.25) is 0 Å². The van der Waals surface area contributed by atoms with E-state index in [-0.39, 0.29) is 0 Å². The van der Waals surface area contributed by atoms with Crippen LogP contribution in [0.3, 0.4) is 0 Å². The van der Waals surface area contributed by atoms with E-state index in [1.165, 1.54) is 0 Å². The van der Waals surface area contributed by atoms with Crippen molar-refractivity contribution in [3.63, 3.8) is 0 Å². The van der Waals surface area contributed by atoms with Gasteiger partial charge in [-0.3, -0.25) is 9.97 Å². The van der Waals surface area contributed by atoms with Crippen molar-refractivity contribution >= 4 is 11.0 Å². The van der Waals surface area contributed by atoms with Crippen LogP contribution >= 0.6 is 0 Å². The van der Waals surface area contributed by atoms with Crippen LogP contribution in [0.1, 0.15) is 24.4 Å². The van der Waals surface area contributed by atoms with Crippen LogP contribution in [0.15, 0.2) is 43.0 Å². The molecule has 2 heterocycles. The molecule has 102 valence electrons. The number of imidazole rings is 1. The summed E-state index contributed by atoms with van der Waals surface area (Å²) < 4.78 is 2.03. The first-order valence-corrected chi connectivity index (χ1v) is 6.67. The summed E-state index contributed by atoms with van der Waals surface area (Å²) in [5, 5.41) is 10.5. The Morgan fingerprint density at radius 1 is 1.15 bits per heavy atom. The molecule has 5 heteroatoms. The van der Waals surface area contributed by atoms with Crippen molar-refractivity contribution in [2.45, 2.75) is 26.0 Å². The molecule has 0 aliphatic heterocycles. The Kier molecular flexibility index (Phi) is 3.43. The normalized spacial score (nSPS) is 12.7. The van der Waals surface area contributed by atoms with E-state index in [0.29, 0.717) is 6.42 Å². The lowest BCUT2D eigenvalue weighted by atomic mass is 10.0. The van der Waals surface area contributed by atoms with Gasteiger partial charge >= 0.3 is 0 Å². The summed E-state index contributed by atoms with van der Waals surface area (Å²) >= 11 is 0. The molecule has 0 saturated carbocycles. The van der Waals surface area contributed by atoms with E-state index in [2.05, 4.69) is 21.9 Å². The maximum Gasteiger partial charge on any atom is 0.111 e. The van der Waals surface area contributed by atoms with E-state index in [9.17, 15) is 5.11 Å². The van der Waals surface area contributed by atoms with Gasteiger partial charge in [0.15, 0.2) is 0 Å². The average molecular weight is 268 g/mol. The minimum absolute atomic E-state index is 0.469. The molecule has 0 fully saturated rings. The van der Waals surface area contributed by atoms with Crippen molar-refractivity contribution in [3.05, 3.63) is 54.4 Å². The van der Waals surface area contributed by atoms with Crippen LogP contribution in [-0.2, 0) is 13.0 Å². The van der Waals surface area contributed by atoms with Crippen molar-refractivity contribution in [1.29, 1.82) is 0 Å². The number of nitrogens with zero attached hydrogens (tertiary/aromatic N) is 4. The van der Waals surface area contributed by atoms with Crippen LogP contribution in [-0.4, -0.2) is 24.6 Å². The number of aromatic nitrogens is 4. The molecule has 2 aromatic heterocycles. The maximum absolute atomic E-state index is 10.5. The van der Waals surface area contributed by atoms with Gasteiger partial charge in [0.05, 0.1) is 17.1 Å². The van der Waals surface area contributed by atoms with E-state index < -0.39 is 6.10 Å². The highest BCUT2D eigenvalue weighted by Gasteiger charge is 2.15. The number of fused-ring (bicyclic) bond motifs is 1. The highest BCUT2D eigenvalue weighted by atomic mass is 16.3. The van der Waals surface area contributed by atoms with E-state index in [1.807, 2.05) is 29.0 Å². The van der Waals surface area contributed by atoms with Crippen molar-refractivity contribution in [3.8, 4) is 0 Å². The van der Waals surface area contributed by atoms with E-state index in [4.69, 9.17) is 0 Å². The largest absolute Gasteiger partial charge is 0.388 e. The van der Waals surface area contributed by atoms with Crippen LogP contribution in [0, 0.1) is 0 Å². The third-order valence-corrected chi connectivity index (χ3v) is 3.41. The third-order valence-electron chi connectivity index (χ3n) is 3.41. The lowest BCUT2D eigenvalue weighted by Crippen LogP contribution is -2.09. The van der Waals surface area contributed by atoms with Gasteiger partial charge in [0, 0.05) is 43.3 Å². The van der Waals surface area contributed by atoms with Gasteiger partial charge in [0.25, 0.3) is 0 Å². The molecule has 3 rings (SSSR count). The summed E-state index contributed by atoms with van der Waals surface area (Å²) in [6.07, 6.45) is 6.81. The highest BCUT2D eigenvalue weighted by Crippen LogP contribution is 2.23. The second-order valence-corrected chi connectivity index (χ2v) is 4.62. The van der Waals surface area contributed by atoms with Gasteiger partial charge in [-0.15, -0.1) is 0 Å². The molecule has 1 N–H and O–H groups in total. The molecule has 0 amide bonds. The number of aryl methyl sites for hydroxylation is 1. The minimum Gasteiger partial charge on any atom is -0.388 e. The number of benzene rings is 1. The minimum atomic E-state index is -0.636. The van der Waals surface area contributed by atoms with Crippen molar-refractivity contribution in [1.82, 2.24) is 19.5 Å². The predicted molar refractivity (Wildman–Crippen MR) is 76.1 cm³/mol. The molecule has 0 bridgehead atoms. The molecule has 0 aliphatic carbocycles. The lowest BCUT2D eigenvalue weighted by molar-refractivity contribution is 0.176. The zero-order chi connectivity index (χ0) is 13.9. The molecule has 3 aromatic rings. The molecule has 0 aliphatic rings.